The van der Waals surface area contributed by atoms with Crippen LogP contribution >= 0.6 is 11.6 Å². The molecule has 6 nitrogen and oxygen atoms in total. The van der Waals surface area contributed by atoms with Crippen LogP contribution in [-0.2, 0) is 4.74 Å². The van der Waals surface area contributed by atoms with Crippen molar-refractivity contribution >= 4 is 23.4 Å². The second-order valence-electron chi connectivity index (χ2n) is 3.55. The fourth-order valence-electron chi connectivity index (χ4n) is 1.58. The van der Waals surface area contributed by atoms with Crippen LogP contribution in [0, 0.1) is 0 Å². The van der Waals surface area contributed by atoms with E-state index < -0.39 is 0 Å². The summed E-state index contributed by atoms with van der Waals surface area (Å²) in [5, 5.41) is 3.60. The fraction of sp³-hybridized carbons (Fsp3) is 0.556. The zero-order chi connectivity index (χ0) is 11.4. The summed E-state index contributed by atoms with van der Waals surface area (Å²) in [4.78, 5) is 7.99. The third-order valence-corrected chi connectivity index (χ3v) is 2.67. The minimum Gasteiger partial charge on any atom is -0.376 e. The second-order valence-corrected chi connectivity index (χ2v) is 3.96. The van der Waals surface area contributed by atoms with Crippen LogP contribution in [0.2, 0.25) is 5.02 Å². The molecule has 1 saturated heterocycles. The summed E-state index contributed by atoms with van der Waals surface area (Å²) in [5.41, 5.74) is 2.37. The fourth-order valence-corrected chi connectivity index (χ4v) is 1.73. The molecule has 1 aromatic heterocycles. The minimum absolute atomic E-state index is 0.236. The summed E-state index contributed by atoms with van der Waals surface area (Å²) < 4.78 is 5.48. The van der Waals surface area contributed by atoms with E-state index in [1.54, 1.807) is 0 Å². The van der Waals surface area contributed by atoms with Gasteiger partial charge in [0.25, 0.3) is 0 Å². The smallest absolute Gasteiger partial charge is 0.239 e. The molecular weight excluding hydrogens is 230 g/mol. The Bertz CT molecular complexity index is 356. The number of hydrazine groups is 1. The highest BCUT2D eigenvalue weighted by Gasteiger charge is 2.15. The lowest BCUT2D eigenvalue weighted by molar-refractivity contribution is 0.120. The molecule has 0 amide bonds. The zero-order valence-corrected chi connectivity index (χ0v) is 9.50. The number of nitrogen functional groups attached to an aromatic ring is 1. The molecule has 0 saturated carbocycles. The highest BCUT2D eigenvalue weighted by atomic mass is 35.5. The average molecular weight is 244 g/mol. The molecule has 2 heterocycles. The van der Waals surface area contributed by atoms with Crippen LogP contribution in [0.3, 0.4) is 0 Å². The first-order valence-electron chi connectivity index (χ1n) is 5.14. The van der Waals surface area contributed by atoms with Gasteiger partial charge in [-0.25, -0.2) is 10.8 Å². The van der Waals surface area contributed by atoms with Gasteiger partial charge in [-0.3, -0.25) is 5.43 Å². The molecule has 1 atom stereocenters. The molecule has 1 unspecified atom stereocenters. The number of hydrogen-bond donors (Lipinski definition) is 3. The van der Waals surface area contributed by atoms with Crippen molar-refractivity contribution in [1.82, 2.24) is 9.97 Å². The molecule has 0 radical (unpaired) electrons. The standard InChI is InChI=1S/C9H14ClN5O/c10-7-5-13-9(15-11)14-8(7)12-4-6-2-1-3-16-6/h5-6H,1-4,11H2,(H2,12,13,14,15). The van der Waals surface area contributed by atoms with Crippen LogP contribution in [0.15, 0.2) is 6.20 Å². The molecule has 1 aromatic rings. The lowest BCUT2D eigenvalue weighted by Gasteiger charge is -2.12. The van der Waals surface area contributed by atoms with Crippen molar-refractivity contribution in [3.05, 3.63) is 11.2 Å². The molecule has 0 spiro atoms. The third-order valence-electron chi connectivity index (χ3n) is 2.39. The maximum atomic E-state index is 5.94. The first-order valence-corrected chi connectivity index (χ1v) is 5.52. The van der Waals surface area contributed by atoms with E-state index in [-0.39, 0.29) is 6.10 Å². The monoisotopic (exact) mass is 243 g/mol. The van der Waals surface area contributed by atoms with E-state index in [9.17, 15) is 0 Å². The molecule has 7 heteroatoms. The van der Waals surface area contributed by atoms with Gasteiger partial charge in [0, 0.05) is 13.2 Å². The van der Waals surface area contributed by atoms with Gasteiger partial charge >= 0.3 is 0 Å². The summed E-state index contributed by atoms with van der Waals surface area (Å²) in [6.07, 6.45) is 3.92. The van der Waals surface area contributed by atoms with Gasteiger partial charge in [0.1, 0.15) is 5.02 Å². The lowest BCUT2D eigenvalue weighted by Crippen LogP contribution is -2.20. The van der Waals surface area contributed by atoms with Crippen LogP contribution in [0.1, 0.15) is 12.8 Å². The van der Waals surface area contributed by atoms with E-state index in [1.807, 2.05) is 0 Å². The number of rotatable bonds is 4. The van der Waals surface area contributed by atoms with Gasteiger partial charge < -0.3 is 10.1 Å². The van der Waals surface area contributed by atoms with Crippen molar-refractivity contribution < 1.29 is 4.74 Å². The largest absolute Gasteiger partial charge is 0.376 e. The van der Waals surface area contributed by atoms with E-state index in [1.165, 1.54) is 6.20 Å². The van der Waals surface area contributed by atoms with Crippen LogP contribution < -0.4 is 16.6 Å². The quantitative estimate of drug-likeness (QED) is 0.541. The highest BCUT2D eigenvalue weighted by Crippen LogP contribution is 2.20. The number of nitrogens with one attached hydrogen (secondary N) is 2. The Labute approximate surface area is 98.5 Å². The summed E-state index contributed by atoms with van der Waals surface area (Å²) in [6, 6.07) is 0. The van der Waals surface area contributed by atoms with Crippen molar-refractivity contribution in [1.29, 1.82) is 0 Å². The van der Waals surface area contributed by atoms with Gasteiger partial charge in [-0.15, -0.1) is 0 Å². The zero-order valence-electron chi connectivity index (χ0n) is 8.74. The van der Waals surface area contributed by atoms with Crippen LogP contribution in [0.25, 0.3) is 0 Å². The molecule has 0 aliphatic carbocycles. The van der Waals surface area contributed by atoms with Crippen molar-refractivity contribution in [2.45, 2.75) is 18.9 Å². The molecule has 0 aromatic carbocycles. The Hall–Kier alpha value is -1.11. The number of nitrogens with two attached hydrogens (primary N) is 1. The van der Waals surface area contributed by atoms with Gasteiger partial charge in [0.05, 0.1) is 12.3 Å². The normalized spacial score (nSPS) is 19.8. The number of ether oxygens (including phenoxy) is 1. The number of aromatic nitrogens is 2. The molecule has 1 aliphatic rings. The molecule has 2 rings (SSSR count). The summed E-state index contributed by atoms with van der Waals surface area (Å²) in [5.74, 6) is 6.12. The van der Waals surface area contributed by atoms with Crippen molar-refractivity contribution in [2.24, 2.45) is 5.84 Å². The Morgan fingerprint density at radius 3 is 3.19 bits per heavy atom. The number of anilines is 2. The number of halogens is 1. The molecule has 1 fully saturated rings. The van der Waals surface area contributed by atoms with Gasteiger partial charge in [-0.05, 0) is 12.8 Å². The predicted molar refractivity (Wildman–Crippen MR) is 62.3 cm³/mol. The van der Waals surface area contributed by atoms with E-state index >= 15 is 0 Å². The van der Waals surface area contributed by atoms with Gasteiger partial charge in [-0.2, -0.15) is 4.98 Å². The Kier molecular flexibility index (Phi) is 3.76. The topological polar surface area (TPSA) is 85.1 Å². The van der Waals surface area contributed by atoms with Crippen LogP contribution in [-0.4, -0.2) is 29.2 Å². The molecular formula is C9H14ClN5O. The molecule has 88 valence electrons. The van der Waals surface area contributed by atoms with Crippen LogP contribution in [0.5, 0.6) is 0 Å². The van der Waals surface area contributed by atoms with E-state index in [0.717, 1.165) is 19.4 Å². The SMILES string of the molecule is NNc1ncc(Cl)c(NCC2CCCO2)n1. The lowest BCUT2D eigenvalue weighted by atomic mass is 10.2. The maximum absolute atomic E-state index is 5.94. The summed E-state index contributed by atoms with van der Waals surface area (Å²) >= 11 is 5.94. The second kappa shape index (κ2) is 5.29. The molecule has 1 aliphatic heterocycles. The Balaban J connectivity index is 1.96. The minimum atomic E-state index is 0.236. The van der Waals surface area contributed by atoms with Crippen molar-refractivity contribution in [2.75, 3.05) is 23.9 Å². The number of nitrogens with zero attached hydrogens (tertiary/aromatic N) is 2. The first kappa shape index (κ1) is 11.4. The van der Waals surface area contributed by atoms with Crippen molar-refractivity contribution in [3.8, 4) is 0 Å². The average Bonchev–Trinajstić information content (AvgIpc) is 2.81. The third kappa shape index (κ3) is 2.72. The molecule has 16 heavy (non-hydrogen) atoms. The Morgan fingerprint density at radius 1 is 1.62 bits per heavy atom. The van der Waals surface area contributed by atoms with E-state index in [4.69, 9.17) is 22.2 Å². The van der Waals surface area contributed by atoms with E-state index in [0.29, 0.717) is 23.3 Å². The van der Waals surface area contributed by atoms with Gasteiger partial charge in [0.2, 0.25) is 5.95 Å². The van der Waals surface area contributed by atoms with Crippen LogP contribution in [0.4, 0.5) is 11.8 Å². The van der Waals surface area contributed by atoms with Gasteiger partial charge in [-0.1, -0.05) is 11.6 Å². The van der Waals surface area contributed by atoms with E-state index in [2.05, 4.69) is 20.7 Å². The summed E-state index contributed by atoms with van der Waals surface area (Å²) in [6.45, 7) is 1.53. The number of hydrogen-bond acceptors (Lipinski definition) is 6. The predicted octanol–water partition coefficient (Wildman–Crippen LogP) is 1.01. The van der Waals surface area contributed by atoms with Gasteiger partial charge in [0.15, 0.2) is 5.82 Å². The van der Waals surface area contributed by atoms with Crippen molar-refractivity contribution in [3.63, 3.8) is 0 Å². The molecule has 4 N–H and O–H groups in total. The first-order chi connectivity index (χ1) is 7.79. The maximum Gasteiger partial charge on any atom is 0.239 e. The highest BCUT2D eigenvalue weighted by molar-refractivity contribution is 6.32. The summed E-state index contributed by atoms with van der Waals surface area (Å²) in [7, 11) is 0. The Morgan fingerprint density at radius 2 is 2.50 bits per heavy atom. The molecule has 0 bridgehead atoms.